The number of benzene rings is 1. The Morgan fingerprint density at radius 3 is 2.67 bits per heavy atom. The maximum atomic E-state index is 12.7. The maximum absolute atomic E-state index is 12.7. The number of amides is 1. The summed E-state index contributed by atoms with van der Waals surface area (Å²) in [5.74, 6) is -0.312. The quantitative estimate of drug-likeness (QED) is 0.838. The highest BCUT2D eigenvalue weighted by Gasteiger charge is 2.43. The van der Waals surface area contributed by atoms with E-state index in [0.29, 0.717) is 12.8 Å². The van der Waals surface area contributed by atoms with Gasteiger partial charge in [-0.25, -0.2) is 8.42 Å². The van der Waals surface area contributed by atoms with Crippen LogP contribution in [0.3, 0.4) is 0 Å². The number of nitrogens with one attached hydrogen (secondary N) is 2. The van der Waals surface area contributed by atoms with Crippen LogP contribution in [0, 0.1) is 11.3 Å². The maximum Gasteiger partial charge on any atom is 0.238 e. The minimum atomic E-state index is -3.62. The molecule has 1 heterocycles. The third-order valence-corrected chi connectivity index (χ3v) is 7.42. The van der Waals surface area contributed by atoms with E-state index in [1.54, 1.807) is 12.1 Å². The Morgan fingerprint density at radius 1 is 1.38 bits per heavy atom. The zero-order chi connectivity index (χ0) is 17.4. The largest absolute Gasteiger partial charge is 0.336 e. The van der Waals surface area contributed by atoms with Crippen LogP contribution in [0.25, 0.3) is 0 Å². The van der Waals surface area contributed by atoms with Crippen molar-refractivity contribution in [1.82, 2.24) is 10.6 Å². The summed E-state index contributed by atoms with van der Waals surface area (Å²) in [5, 5.41) is 14.4. The highest BCUT2D eigenvalue weighted by atomic mass is 35.5. The van der Waals surface area contributed by atoms with E-state index >= 15 is 0 Å². The van der Waals surface area contributed by atoms with Crippen molar-refractivity contribution in [2.75, 3.05) is 6.54 Å². The molecule has 2 N–H and O–H groups in total. The fraction of sp³-hybridized carbons (Fsp3) is 0.500. The highest BCUT2D eigenvalue weighted by molar-refractivity contribution is 7.92. The monoisotopic (exact) mass is 367 g/mol. The number of carbonyl (C=O) groups is 1. The van der Waals surface area contributed by atoms with Gasteiger partial charge in [-0.05, 0) is 37.8 Å². The van der Waals surface area contributed by atoms with Crippen molar-refractivity contribution >= 4 is 27.3 Å². The zero-order valence-electron chi connectivity index (χ0n) is 13.0. The molecule has 0 bridgehead atoms. The average Bonchev–Trinajstić information content (AvgIpc) is 3.02. The van der Waals surface area contributed by atoms with Crippen molar-refractivity contribution in [3.63, 3.8) is 0 Å². The van der Waals surface area contributed by atoms with Crippen LogP contribution in [0.15, 0.2) is 29.2 Å². The summed E-state index contributed by atoms with van der Waals surface area (Å²) in [6.45, 7) is 0.186. The standard InChI is InChI=1S/C16H18ClN3O3S/c17-12-4-1-2-5-14(12)24(22,23)11-8-13(19-9-11)15(21)20-16(10-18)6-3-7-16/h1-2,4-5,11,13,19H,3,6-9H2,(H,20,21)/t11-,13+/m1/s1. The van der Waals surface area contributed by atoms with Crippen molar-refractivity contribution in [3.8, 4) is 6.07 Å². The molecule has 1 amide bonds. The van der Waals surface area contributed by atoms with Gasteiger partial charge >= 0.3 is 0 Å². The minimum Gasteiger partial charge on any atom is -0.336 e. The SMILES string of the molecule is N#CC1(NC(=O)[C@@H]2C[C@@H](S(=O)(=O)c3ccccc3Cl)CN2)CCC1. The molecule has 128 valence electrons. The van der Waals surface area contributed by atoms with Crippen LogP contribution >= 0.6 is 11.6 Å². The lowest BCUT2D eigenvalue weighted by atomic mass is 9.78. The molecule has 1 saturated carbocycles. The summed E-state index contributed by atoms with van der Waals surface area (Å²) in [6.07, 6.45) is 2.36. The molecule has 1 aromatic carbocycles. The first-order chi connectivity index (χ1) is 11.4. The van der Waals surface area contributed by atoms with E-state index in [1.807, 2.05) is 0 Å². The molecule has 0 aromatic heterocycles. The first-order valence-electron chi connectivity index (χ1n) is 7.83. The van der Waals surface area contributed by atoms with Gasteiger partial charge in [0.2, 0.25) is 5.91 Å². The first kappa shape index (κ1) is 17.2. The summed E-state index contributed by atoms with van der Waals surface area (Å²) < 4.78 is 25.4. The first-order valence-corrected chi connectivity index (χ1v) is 9.75. The van der Waals surface area contributed by atoms with Crippen molar-refractivity contribution in [2.45, 2.75) is 47.4 Å². The topological polar surface area (TPSA) is 99.1 Å². The van der Waals surface area contributed by atoms with Crippen LogP contribution in [-0.4, -0.2) is 37.7 Å². The molecule has 0 spiro atoms. The van der Waals surface area contributed by atoms with Gasteiger partial charge < -0.3 is 10.6 Å². The summed E-state index contributed by atoms with van der Waals surface area (Å²) in [7, 11) is -3.62. The van der Waals surface area contributed by atoms with Gasteiger partial charge in [0.25, 0.3) is 0 Å². The molecule has 2 aliphatic rings. The van der Waals surface area contributed by atoms with Gasteiger partial charge in [-0.15, -0.1) is 0 Å². The van der Waals surface area contributed by atoms with Gasteiger partial charge in [0.1, 0.15) is 5.54 Å². The number of nitrogens with zero attached hydrogens (tertiary/aromatic N) is 1. The van der Waals surface area contributed by atoms with Gasteiger partial charge in [-0.2, -0.15) is 5.26 Å². The van der Waals surface area contributed by atoms with Crippen LogP contribution in [0.5, 0.6) is 0 Å². The number of nitriles is 1. The number of hydrogen-bond donors (Lipinski definition) is 2. The Morgan fingerprint density at radius 2 is 2.08 bits per heavy atom. The smallest absolute Gasteiger partial charge is 0.238 e. The molecular weight excluding hydrogens is 350 g/mol. The fourth-order valence-electron chi connectivity index (χ4n) is 3.11. The van der Waals surface area contributed by atoms with Crippen molar-refractivity contribution < 1.29 is 13.2 Å². The van der Waals surface area contributed by atoms with Crippen LogP contribution in [0.4, 0.5) is 0 Å². The molecule has 3 rings (SSSR count). The van der Waals surface area contributed by atoms with Gasteiger partial charge in [0.15, 0.2) is 9.84 Å². The summed E-state index contributed by atoms with van der Waals surface area (Å²) >= 11 is 6.00. The third-order valence-electron chi connectivity index (χ3n) is 4.77. The lowest BCUT2D eigenvalue weighted by Gasteiger charge is -2.36. The minimum absolute atomic E-state index is 0.0898. The van der Waals surface area contributed by atoms with E-state index in [9.17, 15) is 18.5 Å². The number of hydrogen-bond acceptors (Lipinski definition) is 5. The van der Waals surface area contributed by atoms with Crippen molar-refractivity contribution in [1.29, 1.82) is 5.26 Å². The normalized spacial score (nSPS) is 25.5. The number of carbonyl (C=O) groups excluding carboxylic acids is 1. The molecule has 1 aliphatic carbocycles. The fourth-order valence-corrected chi connectivity index (χ4v) is 5.30. The molecule has 1 aliphatic heterocycles. The predicted octanol–water partition coefficient (Wildman–Crippen LogP) is 1.41. The second-order valence-corrected chi connectivity index (χ2v) is 8.93. The molecule has 0 radical (unpaired) electrons. The lowest BCUT2D eigenvalue weighted by molar-refractivity contribution is -0.124. The second kappa shape index (κ2) is 6.36. The molecule has 24 heavy (non-hydrogen) atoms. The van der Waals surface area contributed by atoms with Gasteiger partial charge in [0, 0.05) is 6.54 Å². The molecule has 2 atom stereocenters. The van der Waals surface area contributed by atoms with E-state index in [1.165, 1.54) is 12.1 Å². The van der Waals surface area contributed by atoms with Gasteiger partial charge in [-0.1, -0.05) is 23.7 Å². The Hall–Kier alpha value is -1.62. The van der Waals surface area contributed by atoms with Crippen molar-refractivity contribution in [2.24, 2.45) is 0 Å². The van der Waals surface area contributed by atoms with Crippen LogP contribution in [0.2, 0.25) is 5.02 Å². The highest BCUT2D eigenvalue weighted by Crippen LogP contribution is 2.32. The summed E-state index contributed by atoms with van der Waals surface area (Å²) in [5.41, 5.74) is -0.779. The molecular formula is C16H18ClN3O3S. The van der Waals surface area contributed by atoms with E-state index < -0.39 is 26.7 Å². The zero-order valence-corrected chi connectivity index (χ0v) is 14.5. The summed E-state index contributed by atoms with van der Waals surface area (Å²) in [4.78, 5) is 12.4. The molecule has 0 unspecified atom stereocenters. The van der Waals surface area contributed by atoms with Gasteiger partial charge in [-0.3, -0.25) is 4.79 Å². The summed E-state index contributed by atoms with van der Waals surface area (Å²) in [6, 6.07) is 7.84. The molecule has 1 saturated heterocycles. The number of rotatable bonds is 4. The molecule has 1 aromatic rings. The predicted molar refractivity (Wildman–Crippen MR) is 89.2 cm³/mol. The van der Waals surface area contributed by atoms with Crippen LogP contribution in [0.1, 0.15) is 25.7 Å². The van der Waals surface area contributed by atoms with E-state index in [2.05, 4.69) is 16.7 Å². The van der Waals surface area contributed by atoms with Crippen LogP contribution < -0.4 is 10.6 Å². The Labute approximate surface area is 146 Å². The van der Waals surface area contributed by atoms with Gasteiger partial charge in [0.05, 0.1) is 27.3 Å². The van der Waals surface area contributed by atoms with E-state index in [-0.39, 0.29) is 28.8 Å². The molecule has 6 nitrogen and oxygen atoms in total. The van der Waals surface area contributed by atoms with E-state index in [4.69, 9.17) is 11.6 Å². The molecule has 8 heteroatoms. The number of halogens is 1. The lowest BCUT2D eigenvalue weighted by Crippen LogP contribution is -2.56. The Bertz CT molecular complexity index is 799. The Balaban J connectivity index is 1.70. The van der Waals surface area contributed by atoms with E-state index in [0.717, 1.165) is 6.42 Å². The Kier molecular flexibility index (Phi) is 4.56. The van der Waals surface area contributed by atoms with Crippen molar-refractivity contribution in [3.05, 3.63) is 29.3 Å². The second-order valence-electron chi connectivity index (χ2n) is 6.33. The third kappa shape index (κ3) is 3.02. The molecule has 2 fully saturated rings. The van der Waals surface area contributed by atoms with Crippen LogP contribution in [-0.2, 0) is 14.6 Å². The average molecular weight is 368 g/mol. The number of sulfone groups is 1.